The molecule has 0 bridgehead atoms. The number of aromatic nitrogens is 2. The minimum absolute atomic E-state index is 0.0929. The molecule has 5 heteroatoms. The predicted molar refractivity (Wildman–Crippen MR) is 102 cm³/mol. The van der Waals surface area contributed by atoms with Crippen molar-refractivity contribution in [2.75, 3.05) is 19.7 Å². The summed E-state index contributed by atoms with van der Waals surface area (Å²) in [6.07, 6.45) is 8.85. The van der Waals surface area contributed by atoms with Crippen molar-refractivity contribution in [1.82, 2.24) is 14.7 Å². The van der Waals surface area contributed by atoms with E-state index in [0.717, 1.165) is 35.7 Å². The summed E-state index contributed by atoms with van der Waals surface area (Å²) in [7, 11) is 1.93. The van der Waals surface area contributed by atoms with E-state index >= 15 is 0 Å². The highest BCUT2D eigenvalue weighted by Crippen LogP contribution is 2.28. The molecule has 1 aliphatic rings. The molecule has 1 saturated heterocycles. The van der Waals surface area contributed by atoms with E-state index in [-0.39, 0.29) is 6.10 Å². The lowest BCUT2D eigenvalue weighted by Gasteiger charge is -2.35. The van der Waals surface area contributed by atoms with Crippen LogP contribution < -0.4 is 0 Å². The molecule has 0 aliphatic carbocycles. The molecule has 2 unspecified atom stereocenters. The van der Waals surface area contributed by atoms with Gasteiger partial charge >= 0.3 is 0 Å². The SMILES string of the molecule is CCN1CCCCC1CCOC(c1ccc(Cl)cc1)c1cnn(C)c1. The number of ether oxygens (including phenoxy) is 1. The first-order valence-corrected chi connectivity index (χ1v) is 9.65. The van der Waals surface area contributed by atoms with Crippen LogP contribution in [-0.4, -0.2) is 40.4 Å². The van der Waals surface area contributed by atoms with Gasteiger partial charge in [-0.1, -0.05) is 37.1 Å². The molecule has 1 aromatic carbocycles. The molecule has 136 valence electrons. The van der Waals surface area contributed by atoms with E-state index in [1.54, 1.807) is 0 Å². The van der Waals surface area contributed by atoms with E-state index in [9.17, 15) is 0 Å². The zero-order valence-electron chi connectivity index (χ0n) is 15.2. The zero-order chi connectivity index (χ0) is 17.6. The van der Waals surface area contributed by atoms with Crippen molar-refractivity contribution < 1.29 is 4.74 Å². The molecule has 0 radical (unpaired) electrons. The van der Waals surface area contributed by atoms with E-state index < -0.39 is 0 Å². The molecule has 1 aromatic heterocycles. The number of halogens is 1. The van der Waals surface area contributed by atoms with Crippen LogP contribution in [0.15, 0.2) is 36.7 Å². The molecule has 0 saturated carbocycles. The molecule has 1 aliphatic heterocycles. The minimum atomic E-state index is -0.0929. The van der Waals surface area contributed by atoms with Gasteiger partial charge in [-0.3, -0.25) is 4.68 Å². The van der Waals surface area contributed by atoms with E-state index in [4.69, 9.17) is 16.3 Å². The Balaban J connectivity index is 1.66. The van der Waals surface area contributed by atoms with Crippen LogP contribution in [0, 0.1) is 0 Å². The highest BCUT2D eigenvalue weighted by atomic mass is 35.5. The van der Waals surface area contributed by atoms with Crippen LogP contribution in [0.2, 0.25) is 5.02 Å². The Morgan fingerprint density at radius 3 is 2.72 bits per heavy atom. The van der Waals surface area contributed by atoms with Crippen molar-refractivity contribution in [3.05, 3.63) is 52.8 Å². The third-order valence-electron chi connectivity index (χ3n) is 5.09. The monoisotopic (exact) mass is 361 g/mol. The summed E-state index contributed by atoms with van der Waals surface area (Å²) in [4.78, 5) is 2.59. The summed E-state index contributed by atoms with van der Waals surface area (Å²) in [5, 5.41) is 5.05. The summed E-state index contributed by atoms with van der Waals surface area (Å²) >= 11 is 6.04. The lowest BCUT2D eigenvalue weighted by Crippen LogP contribution is -2.39. The summed E-state index contributed by atoms with van der Waals surface area (Å²) in [6.45, 7) is 5.37. The van der Waals surface area contributed by atoms with Crippen LogP contribution >= 0.6 is 11.6 Å². The molecular weight excluding hydrogens is 334 g/mol. The lowest BCUT2D eigenvalue weighted by molar-refractivity contribution is 0.0497. The van der Waals surface area contributed by atoms with Gasteiger partial charge in [-0.2, -0.15) is 5.10 Å². The van der Waals surface area contributed by atoms with Crippen LogP contribution in [0.5, 0.6) is 0 Å². The number of likely N-dealkylation sites (tertiary alicyclic amines) is 1. The Hall–Kier alpha value is -1.36. The summed E-state index contributed by atoms with van der Waals surface area (Å²) in [6, 6.07) is 8.57. The summed E-state index contributed by atoms with van der Waals surface area (Å²) < 4.78 is 8.16. The van der Waals surface area contributed by atoms with E-state index in [1.165, 1.54) is 25.8 Å². The van der Waals surface area contributed by atoms with E-state index in [2.05, 4.69) is 16.9 Å². The Labute approximate surface area is 155 Å². The second kappa shape index (κ2) is 8.84. The quantitative estimate of drug-likeness (QED) is 0.730. The molecule has 0 N–H and O–H groups in total. The summed E-state index contributed by atoms with van der Waals surface area (Å²) in [5.74, 6) is 0. The van der Waals surface area contributed by atoms with Crippen molar-refractivity contribution in [2.45, 2.75) is 44.8 Å². The van der Waals surface area contributed by atoms with Gasteiger partial charge in [-0.15, -0.1) is 0 Å². The number of hydrogen-bond acceptors (Lipinski definition) is 3. The van der Waals surface area contributed by atoms with Gasteiger partial charge in [0.1, 0.15) is 6.10 Å². The molecule has 0 amide bonds. The van der Waals surface area contributed by atoms with Crippen molar-refractivity contribution in [1.29, 1.82) is 0 Å². The number of hydrogen-bond donors (Lipinski definition) is 0. The molecule has 4 nitrogen and oxygen atoms in total. The number of benzene rings is 1. The maximum atomic E-state index is 6.34. The Morgan fingerprint density at radius 1 is 1.24 bits per heavy atom. The van der Waals surface area contributed by atoms with Gasteiger partial charge in [0.2, 0.25) is 0 Å². The Morgan fingerprint density at radius 2 is 2.04 bits per heavy atom. The Kier molecular flexibility index (Phi) is 6.51. The number of rotatable bonds is 7. The van der Waals surface area contributed by atoms with Crippen LogP contribution in [-0.2, 0) is 11.8 Å². The first-order chi connectivity index (χ1) is 12.2. The molecule has 3 rings (SSSR count). The predicted octanol–water partition coefficient (Wildman–Crippen LogP) is 4.44. The average Bonchev–Trinajstić information content (AvgIpc) is 3.06. The standard InChI is InChI=1S/C20H28ClN3O/c1-3-24-12-5-4-6-19(24)11-13-25-20(17-14-22-23(2)15-17)16-7-9-18(21)10-8-16/h7-10,14-15,19-20H,3-6,11-13H2,1-2H3. The molecule has 2 aromatic rings. The van der Waals surface area contributed by atoms with Gasteiger partial charge in [0, 0.05) is 36.5 Å². The van der Waals surface area contributed by atoms with Crippen LogP contribution in [0.1, 0.15) is 49.8 Å². The highest BCUT2D eigenvalue weighted by Gasteiger charge is 2.22. The van der Waals surface area contributed by atoms with Gasteiger partial charge in [0.15, 0.2) is 0 Å². The lowest BCUT2D eigenvalue weighted by atomic mass is 9.99. The molecular formula is C20H28ClN3O. The number of piperidine rings is 1. The van der Waals surface area contributed by atoms with Crippen molar-refractivity contribution in [3.8, 4) is 0 Å². The molecule has 0 spiro atoms. The van der Waals surface area contributed by atoms with Gasteiger partial charge < -0.3 is 9.64 Å². The fourth-order valence-corrected chi connectivity index (χ4v) is 3.85. The zero-order valence-corrected chi connectivity index (χ0v) is 16.0. The average molecular weight is 362 g/mol. The van der Waals surface area contributed by atoms with Gasteiger partial charge in [0.05, 0.1) is 6.20 Å². The largest absolute Gasteiger partial charge is 0.369 e. The highest BCUT2D eigenvalue weighted by molar-refractivity contribution is 6.30. The second-order valence-electron chi connectivity index (χ2n) is 6.82. The number of aryl methyl sites for hydroxylation is 1. The fraction of sp³-hybridized carbons (Fsp3) is 0.550. The first-order valence-electron chi connectivity index (χ1n) is 9.27. The van der Waals surface area contributed by atoms with Gasteiger partial charge in [-0.05, 0) is 50.0 Å². The maximum Gasteiger partial charge on any atom is 0.111 e. The Bertz CT molecular complexity index is 655. The summed E-state index contributed by atoms with van der Waals surface area (Å²) in [5.41, 5.74) is 2.20. The maximum absolute atomic E-state index is 6.34. The fourth-order valence-electron chi connectivity index (χ4n) is 3.72. The van der Waals surface area contributed by atoms with Crippen LogP contribution in [0.25, 0.3) is 0 Å². The third-order valence-corrected chi connectivity index (χ3v) is 5.34. The third kappa shape index (κ3) is 4.84. The molecule has 2 atom stereocenters. The van der Waals surface area contributed by atoms with E-state index in [1.807, 2.05) is 48.4 Å². The molecule has 1 fully saturated rings. The van der Waals surface area contributed by atoms with Crippen LogP contribution in [0.4, 0.5) is 0 Å². The van der Waals surface area contributed by atoms with Gasteiger partial charge in [-0.25, -0.2) is 0 Å². The van der Waals surface area contributed by atoms with Crippen molar-refractivity contribution in [3.63, 3.8) is 0 Å². The topological polar surface area (TPSA) is 30.3 Å². The van der Waals surface area contributed by atoms with Crippen molar-refractivity contribution >= 4 is 11.6 Å². The minimum Gasteiger partial charge on any atom is -0.369 e. The number of nitrogens with zero attached hydrogens (tertiary/aromatic N) is 3. The van der Waals surface area contributed by atoms with Crippen LogP contribution in [0.3, 0.4) is 0 Å². The smallest absolute Gasteiger partial charge is 0.111 e. The normalized spacial score (nSPS) is 19.9. The first kappa shape index (κ1) is 18.4. The molecule has 25 heavy (non-hydrogen) atoms. The second-order valence-corrected chi connectivity index (χ2v) is 7.25. The van der Waals surface area contributed by atoms with E-state index in [0.29, 0.717) is 6.04 Å². The van der Waals surface area contributed by atoms with Gasteiger partial charge in [0.25, 0.3) is 0 Å². The van der Waals surface area contributed by atoms with Crippen molar-refractivity contribution in [2.24, 2.45) is 7.05 Å². The molecule has 2 heterocycles.